The van der Waals surface area contributed by atoms with Crippen molar-refractivity contribution in [1.29, 1.82) is 0 Å². The van der Waals surface area contributed by atoms with Gasteiger partial charge in [-0.05, 0) is 72.8 Å². The van der Waals surface area contributed by atoms with Gasteiger partial charge in [-0.1, -0.05) is 11.6 Å². The normalized spacial score (nSPS) is 11.3. The molecule has 0 fully saturated rings. The first-order valence-electron chi connectivity index (χ1n) is 12.3. The lowest BCUT2D eigenvalue weighted by Crippen LogP contribution is -2.41. The van der Waals surface area contributed by atoms with Crippen molar-refractivity contribution in [2.75, 3.05) is 16.9 Å². The number of anilines is 2. The molecule has 1 aromatic heterocycles. The summed E-state index contributed by atoms with van der Waals surface area (Å²) in [6, 6.07) is 16.0. The average molecular weight is 648 g/mol. The molecule has 16 heteroatoms. The number of hydrazine groups is 1. The van der Waals surface area contributed by atoms with E-state index in [1.54, 1.807) is 0 Å². The Balaban J connectivity index is 1.31. The maximum absolute atomic E-state index is 13.1. The van der Waals surface area contributed by atoms with Crippen molar-refractivity contribution in [2.45, 2.75) is 11.1 Å². The minimum absolute atomic E-state index is 0.0376. The Kier molecular flexibility index (Phi) is 9.40. The molecule has 0 unspecified atom stereocenters. The summed E-state index contributed by atoms with van der Waals surface area (Å²) in [5, 5.41) is 4.28. The molecule has 0 saturated carbocycles. The van der Waals surface area contributed by atoms with E-state index in [1.165, 1.54) is 72.9 Å². The van der Waals surface area contributed by atoms with Crippen LogP contribution in [0.15, 0.2) is 90.0 Å². The zero-order chi connectivity index (χ0) is 32.1. The molecule has 0 saturated heterocycles. The molecule has 1 heterocycles. The lowest BCUT2D eigenvalue weighted by Gasteiger charge is -2.13. The van der Waals surface area contributed by atoms with Gasteiger partial charge in [0.05, 0.1) is 15.5 Å². The largest absolute Gasteiger partial charge is 0.457 e. The molecule has 44 heavy (non-hydrogen) atoms. The van der Waals surface area contributed by atoms with E-state index in [9.17, 15) is 36.0 Å². The fourth-order valence-electron chi connectivity index (χ4n) is 3.56. The number of carbonyl (C=O) groups is 3. The Morgan fingerprint density at radius 1 is 0.795 bits per heavy atom. The van der Waals surface area contributed by atoms with Crippen LogP contribution in [0.4, 0.5) is 29.3 Å². The highest BCUT2D eigenvalue weighted by atomic mass is 35.5. The number of nitrogens with zero attached hydrogens (tertiary/aromatic N) is 1. The summed E-state index contributed by atoms with van der Waals surface area (Å²) in [4.78, 5) is 41.1. The molecule has 4 aromatic rings. The number of pyridine rings is 1. The zero-order valence-corrected chi connectivity index (χ0v) is 24.0. The molecule has 0 aliphatic heterocycles. The number of nitrogens with one attached hydrogen (secondary N) is 4. The third kappa shape index (κ3) is 8.45. The van der Waals surface area contributed by atoms with Gasteiger partial charge in [-0.2, -0.15) is 13.2 Å². The monoisotopic (exact) mass is 647 g/mol. The molecule has 0 spiro atoms. The fraction of sp³-hybridized carbons (Fsp3) is 0.0714. The molecule has 3 aromatic carbocycles. The van der Waals surface area contributed by atoms with Crippen molar-refractivity contribution in [3.8, 4) is 11.5 Å². The van der Waals surface area contributed by atoms with Crippen LogP contribution >= 0.6 is 11.6 Å². The number of aromatic nitrogens is 1. The molecular weight excluding hydrogens is 627 g/mol. The van der Waals surface area contributed by atoms with Crippen LogP contribution in [0.1, 0.15) is 26.4 Å². The topological polar surface area (TPSA) is 156 Å². The van der Waals surface area contributed by atoms with Crippen molar-refractivity contribution >= 4 is 50.7 Å². The number of carbonyl (C=O) groups excluding carboxylic acids is 3. The zero-order valence-electron chi connectivity index (χ0n) is 22.4. The van der Waals surface area contributed by atoms with E-state index in [0.717, 1.165) is 18.4 Å². The van der Waals surface area contributed by atoms with Gasteiger partial charge in [-0.3, -0.25) is 25.4 Å². The number of ether oxygens (including phenoxy) is 1. The predicted octanol–water partition coefficient (Wildman–Crippen LogP) is 5.67. The fourth-order valence-corrected chi connectivity index (χ4v) is 4.41. The molecule has 4 N–H and O–H groups in total. The number of alkyl halides is 3. The average Bonchev–Trinajstić information content (AvgIpc) is 2.97. The summed E-state index contributed by atoms with van der Waals surface area (Å²) in [5.41, 5.74) is 3.54. The Morgan fingerprint density at radius 2 is 1.41 bits per heavy atom. The lowest BCUT2D eigenvalue weighted by molar-refractivity contribution is -0.137. The van der Waals surface area contributed by atoms with Crippen molar-refractivity contribution < 1.29 is 40.7 Å². The summed E-state index contributed by atoms with van der Waals surface area (Å²) in [6.45, 7) is 0. The molecule has 0 aliphatic rings. The third-order valence-electron chi connectivity index (χ3n) is 5.68. The van der Waals surface area contributed by atoms with Gasteiger partial charge in [0.2, 0.25) is 0 Å². The van der Waals surface area contributed by atoms with E-state index < -0.39 is 44.4 Å². The molecule has 0 atom stereocenters. The Bertz CT molecular complexity index is 1820. The first kappa shape index (κ1) is 31.8. The van der Waals surface area contributed by atoms with Gasteiger partial charge in [-0.25, -0.2) is 13.2 Å². The second-order valence-corrected chi connectivity index (χ2v) is 11.4. The molecule has 4 amide bonds. The lowest BCUT2D eigenvalue weighted by atomic mass is 10.2. The number of urea groups is 1. The highest BCUT2D eigenvalue weighted by Gasteiger charge is 2.33. The molecule has 0 aliphatic carbocycles. The predicted molar refractivity (Wildman–Crippen MR) is 154 cm³/mol. The van der Waals surface area contributed by atoms with Crippen molar-refractivity contribution in [2.24, 2.45) is 0 Å². The third-order valence-corrected chi connectivity index (χ3v) is 7.13. The van der Waals surface area contributed by atoms with Gasteiger partial charge in [0, 0.05) is 35.5 Å². The van der Waals surface area contributed by atoms with Crippen LogP contribution in [0.2, 0.25) is 5.02 Å². The van der Waals surface area contributed by atoms with Crippen LogP contribution in [0, 0.1) is 0 Å². The van der Waals surface area contributed by atoms with Gasteiger partial charge in [0.1, 0.15) is 17.2 Å². The van der Waals surface area contributed by atoms with Gasteiger partial charge < -0.3 is 15.4 Å². The maximum Gasteiger partial charge on any atom is 0.417 e. The molecule has 4 rings (SSSR count). The van der Waals surface area contributed by atoms with Crippen molar-refractivity contribution in [3.63, 3.8) is 0 Å². The maximum atomic E-state index is 13.1. The van der Waals surface area contributed by atoms with E-state index in [1.807, 2.05) is 0 Å². The Hall–Kier alpha value is -5.15. The molecule has 0 radical (unpaired) electrons. The van der Waals surface area contributed by atoms with Crippen molar-refractivity contribution in [1.82, 2.24) is 15.8 Å². The summed E-state index contributed by atoms with van der Waals surface area (Å²) in [5.74, 6) is -0.918. The smallest absolute Gasteiger partial charge is 0.417 e. The Labute approximate surface area is 253 Å². The van der Waals surface area contributed by atoms with E-state index in [0.29, 0.717) is 11.4 Å². The van der Waals surface area contributed by atoms with Gasteiger partial charge >= 0.3 is 12.2 Å². The second-order valence-electron chi connectivity index (χ2n) is 8.98. The number of benzene rings is 3. The van der Waals surface area contributed by atoms with Crippen LogP contribution in [0.5, 0.6) is 11.5 Å². The number of halogens is 4. The summed E-state index contributed by atoms with van der Waals surface area (Å²) in [6.07, 6.45) is -2.35. The minimum atomic E-state index is -4.69. The number of rotatable bonds is 7. The quantitative estimate of drug-likeness (QED) is 0.188. The van der Waals surface area contributed by atoms with E-state index in [-0.39, 0.29) is 27.6 Å². The second kappa shape index (κ2) is 13.0. The highest BCUT2D eigenvalue weighted by Crippen LogP contribution is 2.36. The van der Waals surface area contributed by atoms with Crippen LogP contribution in [-0.2, 0) is 16.0 Å². The van der Waals surface area contributed by atoms with Gasteiger partial charge in [0.15, 0.2) is 9.84 Å². The van der Waals surface area contributed by atoms with Gasteiger partial charge in [0.25, 0.3) is 11.8 Å². The number of hydrogen-bond acceptors (Lipinski definition) is 7. The summed E-state index contributed by atoms with van der Waals surface area (Å²) >= 11 is 5.59. The number of amides is 4. The van der Waals surface area contributed by atoms with E-state index >= 15 is 0 Å². The highest BCUT2D eigenvalue weighted by molar-refractivity contribution is 7.90. The first-order valence-corrected chi connectivity index (χ1v) is 14.6. The van der Waals surface area contributed by atoms with Crippen LogP contribution in [-0.4, -0.2) is 37.5 Å². The molecule has 11 nitrogen and oxygen atoms in total. The molecular formula is C28H21ClF3N5O6S. The van der Waals surface area contributed by atoms with Crippen LogP contribution < -0.4 is 26.2 Å². The number of sulfone groups is 1. The van der Waals surface area contributed by atoms with Crippen LogP contribution in [0.3, 0.4) is 0 Å². The van der Waals surface area contributed by atoms with Crippen molar-refractivity contribution in [3.05, 3.63) is 107 Å². The first-order chi connectivity index (χ1) is 20.7. The standard InChI is InChI=1S/C28H21ClF3N5O6S/c1-44(41,42)21-9-2-16(3-10-21)25(38)36-37-26(39)24-15-20(12-13-33-24)43-19-7-4-17(5-8-19)34-27(40)35-18-6-11-23(29)22(14-18)28(30,31)32/h2-15H,1H3,(H,36,38)(H,37,39)(H2,34,35,40). The van der Waals surface area contributed by atoms with Crippen LogP contribution in [0.25, 0.3) is 0 Å². The SMILES string of the molecule is CS(=O)(=O)c1ccc(C(=O)NNC(=O)c2cc(Oc3ccc(NC(=O)Nc4ccc(Cl)c(C(F)(F)F)c4)cc3)ccn2)cc1. The van der Waals surface area contributed by atoms with Gasteiger partial charge in [-0.15, -0.1) is 0 Å². The summed E-state index contributed by atoms with van der Waals surface area (Å²) in [7, 11) is -3.43. The molecule has 228 valence electrons. The molecule has 0 bridgehead atoms. The Morgan fingerprint density at radius 3 is 2.05 bits per heavy atom. The van der Waals surface area contributed by atoms with E-state index in [2.05, 4.69) is 26.5 Å². The summed E-state index contributed by atoms with van der Waals surface area (Å²) < 4.78 is 68.0. The minimum Gasteiger partial charge on any atom is -0.457 e. The van der Waals surface area contributed by atoms with E-state index in [4.69, 9.17) is 16.3 Å². The number of hydrogen-bond donors (Lipinski definition) is 4.